The molecule has 0 fully saturated rings. The molecule has 0 unspecified atom stereocenters. The Balaban J connectivity index is 2.14. The third-order valence-corrected chi connectivity index (χ3v) is 2.43. The molecule has 1 aromatic heterocycles. The fourth-order valence-electron chi connectivity index (χ4n) is 1.13. The number of nitrogens with zero attached hydrogens (tertiary/aromatic N) is 2. The Hall–Kier alpha value is -1.95. The number of amides is 1. The van der Waals surface area contributed by atoms with E-state index in [4.69, 9.17) is 4.74 Å². The highest BCUT2D eigenvalue weighted by molar-refractivity contribution is 7.13. The third kappa shape index (κ3) is 2.34. The Kier molecular flexibility index (Phi) is 3.11. The van der Waals surface area contributed by atoms with Gasteiger partial charge >= 0.3 is 0 Å². The van der Waals surface area contributed by atoms with Crippen LogP contribution in [0.25, 0.3) is 0 Å². The van der Waals surface area contributed by atoms with Crippen LogP contribution in [0.15, 0.2) is 24.3 Å². The summed E-state index contributed by atoms with van der Waals surface area (Å²) in [6.07, 6.45) is 0. The van der Waals surface area contributed by atoms with Crippen LogP contribution < -0.4 is 10.1 Å². The number of anilines is 1. The molecule has 0 saturated carbocycles. The molecule has 1 amide bonds. The van der Waals surface area contributed by atoms with Crippen LogP contribution in [0.4, 0.5) is 5.13 Å². The van der Waals surface area contributed by atoms with Gasteiger partial charge in [-0.3, -0.25) is 10.1 Å². The highest BCUT2D eigenvalue weighted by Gasteiger charge is 2.08. The van der Waals surface area contributed by atoms with Crippen molar-refractivity contribution < 1.29 is 9.53 Å². The summed E-state index contributed by atoms with van der Waals surface area (Å²) in [6.45, 7) is 0. The molecule has 1 radical (unpaired) electrons. The van der Waals surface area contributed by atoms with Crippen molar-refractivity contribution in [1.82, 2.24) is 10.2 Å². The molecule has 1 heterocycles. The van der Waals surface area contributed by atoms with Crippen molar-refractivity contribution in [2.45, 2.75) is 0 Å². The van der Waals surface area contributed by atoms with Gasteiger partial charge in [0.05, 0.1) is 7.11 Å². The van der Waals surface area contributed by atoms with E-state index < -0.39 is 0 Å². The summed E-state index contributed by atoms with van der Waals surface area (Å²) in [5.74, 6) is 0.389. The smallest absolute Gasteiger partial charge is 0.257 e. The summed E-state index contributed by atoms with van der Waals surface area (Å²) in [7, 11) is 1.55. The maximum Gasteiger partial charge on any atom is 0.257 e. The lowest BCUT2D eigenvalue weighted by Gasteiger charge is -2.03. The van der Waals surface area contributed by atoms with Crippen molar-refractivity contribution in [3.05, 3.63) is 35.3 Å². The van der Waals surface area contributed by atoms with E-state index in [-0.39, 0.29) is 5.91 Å². The highest BCUT2D eigenvalue weighted by atomic mass is 32.1. The van der Waals surface area contributed by atoms with Gasteiger partial charge in [-0.2, -0.15) is 0 Å². The zero-order chi connectivity index (χ0) is 11.4. The summed E-state index contributed by atoms with van der Waals surface area (Å²) >= 11 is 1.15. The van der Waals surface area contributed by atoms with Crippen LogP contribution in [0.3, 0.4) is 0 Å². The second kappa shape index (κ2) is 4.71. The lowest BCUT2D eigenvalue weighted by Crippen LogP contribution is -2.11. The fraction of sp³-hybridized carbons (Fsp3) is 0.100. The molecule has 81 valence electrons. The standard InChI is InChI=1S/C10H8N3O2S/c1-15-8-4-2-3-7(5-8)9(14)12-10-13-11-6-16-10/h2-5H,1H3,(H,12,13,14). The summed E-state index contributed by atoms with van der Waals surface area (Å²) < 4.78 is 5.03. The van der Waals surface area contributed by atoms with Crippen molar-refractivity contribution in [3.63, 3.8) is 0 Å². The maximum atomic E-state index is 11.7. The normalized spacial score (nSPS) is 9.81. The SMILES string of the molecule is COc1cccc(C(=O)Nc2nn[c]s2)c1. The van der Waals surface area contributed by atoms with E-state index in [1.165, 1.54) is 0 Å². The van der Waals surface area contributed by atoms with E-state index in [1.807, 2.05) is 0 Å². The molecule has 6 heteroatoms. The molecule has 0 atom stereocenters. The molecule has 16 heavy (non-hydrogen) atoms. The molecule has 0 bridgehead atoms. The van der Waals surface area contributed by atoms with Crippen molar-refractivity contribution in [1.29, 1.82) is 0 Å². The summed E-state index contributed by atoms with van der Waals surface area (Å²) in [6, 6.07) is 6.87. The molecular weight excluding hydrogens is 226 g/mol. The van der Waals surface area contributed by atoms with E-state index in [2.05, 4.69) is 21.0 Å². The number of nitrogens with one attached hydrogen (secondary N) is 1. The topological polar surface area (TPSA) is 64.1 Å². The molecule has 0 aliphatic heterocycles. The average molecular weight is 234 g/mol. The van der Waals surface area contributed by atoms with Crippen LogP contribution >= 0.6 is 11.3 Å². The first-order valence-corrected chi connectivity index (χ1v) is 5.26. The second-order valence-electron chi connectivity index (χ2n) is 2.88. The minimum Gasteiger partial charge on any atom is -0.497 e. The number of carbonyl (C=O) groups excluding carboxylic acids is 1. The highest BCUT2D eigenvalue weighted by Crippen LogP contribution is 2.15. The van der Waals surface area contributed by atoms with Gasteiger partial charge < -0.3 is 4.74 Å². The van der Waals surface area contributed by atoms with Gasteiger partial charge in [0.25, 0.3) is 5.91 Å². The fourth-order valence-corrected chi connectivity index (χ4v) is 1.53. The van der Waals surface area contributed by atoms with Crippen LogP contribution in [0.2, 0.25) is 0 Å². The minimum atomic E-state index is -0.246. The zero-order valence-electron chi connectivity index (χ0n) is 8.43. The molecular formula is C10H8N3O2S. The molecule has 0 aliphatic carbocycles. The van der Waals surface area contributed by atoms with Crippen LogP contribution in [-0.2, 0) is 0 Å². The molecule has 0 aliphatic rings. The second-order valence-corrected chi connectivity index (χ2v) is 3.66. The predicted molar refractivity (Wildman–Crippen MR) is 59.7 cm³/mol. The average Bonchev–Trinajstić information content (AvgIpc) is 2.82. The first-order chi connectivity index (χ1) is 7.79. The van der Waals surface area contributed by atoms with Crippen molar-refractivity contribution in [2.75, 3.05) is 12.4 Å². The predicted octanol–water partition coefficient (Wildman–Crippen LogP) is 1.60. The van der Waals surface area contributed by atoms with Gasteiger partial charge in [-0.15, -0.1) is 10.2 Å². The Morgan fingerprint density at radius 2 is 2.44 bits per heavy atom. The Bertz CT molecular complexity index is 485. The maximum absolute atomic E-state index is 11.7. The molecule has 2 rings (SSSR count). The molecule has 0 spiro atoms. The molecule has 2 aromatic rings. The van der Waals surface area contributed by atoms with Crippen LogP contribution in [0.1, 0.15) is 10.4 Å². The van der Waals surface area contributed by atoms with Crippen LogP contribution in [0, 0.1) is 5.51 Å². The van der Waals surface area contributed by atoms with Gasteiger partial charge in [0.2, 0.25) is 5.13 Å². The lowest BCUT2D eigenvalue weighted by atomic mass is 10.2. The quantitative estimate of drug-likeness (QED) is 0.876. The number of rotatable bonds is 3. The monoisotopic (exact) mass is 234 g/mol. The van der Waals surface area contributed by atoms with E-state index in [0.29, 0.717) is 16.4 Å². The third-order valence-electron chi connectivity index (χ3n) is 1.88. The molecule has 1 N–H and O–H groups in total. The van der Waals surface area contributed by atoms with Crippen molar-refractivity contribution in [2.24, 2.45) is 0 Å². The van der Waals surface area contributed by atoms with E-state index >= 15 is 0 Å². The zero-order valence-corrected chi connectivity index (χ0v) is 9.25. The Morgan fingerprint density at radius 3 is 3.12 bits per heavy atom. The van der Waals surface area contributed by atoms with E-state index in [0.717, 1.165) is 11.3 Å². The number of ether oxygens (including phenoxy) is 1. The van der Waals surface area contributed by atoms with Gasteiger partial charge in [0, 0.05) is 5.56 Å². The number of hydrogen-bond acceptors (Lipinski definition) is 5. The summed E-state index contributed by atoms with van der Waals surface area (Å²) in [4.78, 5) is 11.7. The van der Waals surface area contributed by atoms with E-state index in [9.17, 15) is 4.79 Å². The number of benzene rings is 1. The first-order valence-electron chi connectivity index (χ1n) is 4.44. The number of aromatic nitrogens is 2. The first kappa shape index (κ1) is 10.6. The van der Waals surface area contributed by atoms with Crippen molar-refractivity contribution >= 4 is 22.4 Å². The van der Waals surface area contributed by atoms with Crippen molar-refractivity contribution in [3.8, 4) is 5.75 Å². The largest absolute Gasteiger partial charge is 0.497 e. The summed E-state index contributed by atoms with van der Waals surface area (Å²) in [5, 5.41) is 10.2. The number of methoxy groups -OCH3 is 1. The lowest BCUT2D eigenvalue weighted by molar-refractivity contribution is 0.102. The van der Waals surface area contributed by atoms with Gasteiger partial charge in [-0.25, -0.2) is 0 Å². The van der Waals surface area contributed by atoms with Gasteiger partial charge in [-0.1, -0.05) is 17.4 Å². The molecule has 1 aromatic carbocycles. The minimum absolute atomic E-state index is 0.246. The van der Waals surface area contributed by atoms with Crippen LogP contribution in [0.5, 0.6) is 5.75 Å². The molecule has 0 saturated heterocycles. The van der Waals surface area contributed by atoms with Gasteiger partial charge in [0.15, 0.2) is 5.51 Å². The molecule has 5 nitrogen and oxygen atoms in total. The Labute approximate surface area is 96.1 Å². The van der Waals surface area contributed by atoms with Gasteiger partial charge in [0.1, 0.15) is 5.75 Å². The van der Waals surface area contributed by atoms with E-state index in [1.54, 1.807) is 31.4 Å². The number of hydrogen-bond donors (Lipinski definition) is 1. The summed E-state index contributed by atoms with van der Waals surface area (Å²) in [5.41, 5.74) is 3.06. The van der Waals surface area contributed by atoms with Crippen LogP contribution in [-0.4, -0.2) is 23.2 Å². The Morgan fingerprint density at radius 1 is 1.56 bits per heavy atom. The van der Waals surface area contributed by atoms with Gasteiger partial charge in [-0.05, 0) is 18.2 Å². The number of carbonyl (C=O) groups is 1.